The van der Waals surface area contributed by atoms with Gasteiger partial charge in [-0.1, -0.05) is 32.9 Å². The quantitative estimate of drug-likeness (QED) is 0.474. The van der Waals surface area contributed by atoms with Crippen molar-refractivity contribution in [2.24, 2.45) is 17.0 Å². The molecule has 0 saturated heterocycles. The molecule has 1 unspecified atom stereocenters. The first-order valence-corrected chi connectivity index (χ1v) is 5.22. The average Bonchev–Trinajstić information content (AvgIpc) is 2.03. The molecule has 0 aromatic rings. The number of hydrogen-bond acceptors (Lipinski definition) is 2. The summed E-state index contributed by atoms with van der Waals surface area (Å²) in [6.07, 6.45) is 1.30. The SMILES string of the molecule is CCC(C)/C(=N\OC(C)C)C(C)C. The number of oxime groups is 1. The molecule has 1 atom stereocenters. The molecule has 0 aromatic carbocycles. The molecule has 0 saturated carbocycles. The Hall–Kier alpha value is -0.530. The standard InChI is InChI=1S/C11H23NO/c1-7-10(6)11(8(2)3)12-13-9(4)5/h8-10H,7H2,1-6H3/b12-11-. The average molecular weight is 185 g/mol. The van der Waals surface area contributed by atoms with Gasteiger partial charge in [0, 0.05) is 0 Å². The van der Waals surface area contributed by atoms with E-state index in [-0.39, 0.29) is 6.10 Å². The maximum atomic E-state index is 5.28. The summed E-state index contributed by atoms with van der Waals surface area (Å²) in [5.74, 6) is 1.01. The first-order valence-electron chi connectivity index (χ1n) is 5.22. The number of rotatable bonds is 5. The van der Waals surface area contributed by atoms with Gasteiger partial charge in [0.2, 0.25) is 0 Å². The molecule has 0 rings (SSSR count). The first-order chi connectivity index (χ1) is 5.99. The lowest BCUT2D eigenvalue weighted by molar-refractivity contribution is 0.0835. The number of nitrogens with zero attached hydrogens (tertiary/aromatic N) is 1. The minimum Gasteiger partial charge on any atom is -0.393 e. The summed E-state index contributed by atoms with van der Waals surface area (Å²) in [5.41, 5.74) is 1.18. The van der Waals surface area contributed by atoms with Crippen LogP contribution in [-0.2, 0) is 4.84 Å². The van der Waals surface area contributed by atoms with E-state index in [0.29, 0.717) is 11.8 Å². The van der Waals surface area contributed by atoms with Gasteiger partial charge in [0.05, 0.1) is 5.71 Å². The van der Waals surface area contributed by atoms with Crippen LogP contribution < -0.4 is 0 Å². The van der Waals surface area contributed by atoms with Crippen molar-refractivity contribution in [3.63, 3.8) is 0 Å². The van der Waals surface area contributed by atoms with Crippen LogP contribution in [0, 0.1) is 11.8 Å². The molecule has 0 heterocycles. The molecule has 2 nitrogen and oxygen atoms in total. The smallest absolute Gasteiger partial charge is 0.122 e. The van der Waals surface area contributed by atoms with Crippen LogP contribution in [0.5, 0.6) is 0 Å². The van der Waals surface area contributed by atoms with E-state index in [4.69, 9.17) is 4.84 Å². The number of hydrogen-bond donors (Lipinski definition) is 0. The van der Waals surface area contributed by atoms with E-state index in [1.807, 2.05) is 13.8 Å². The first kappa shape index (κ1) is 12.5. The monoisotopic (exact) mass is 185 g/mol. The van der Waals surface area contributed by atoms with Crippen molar-refractivity contribution in [1.29, 1.82) is 0 Å². The molecule has 0 aliphatic carbocycles. The highest BCUT2D eigenvalue weighted by molar-refractivity contribution is 5.87. The normalized spacial score (nSPS) is 15.2. The molecule has 0 aliphatic rings. The summed E-state index contributed by atoms with van der Waals surface area (Å²) in [4.78, 5) is 5.28. The lowest BCUT2D eigenvalue weighted by atomic mass is 9.94. The van der Waals surface area contributed by atoms with Crippen LogP contribution in [-0.4, -0.2) is 11.8 Å². The molecule has 0 N–H and O–H groups in total. The van der Waals surface area contributed by atoms with Gasteiger partial charge in [-0.2, -0.15) is 0 Å². The summed E-state index contributed by atoms with van der Waals surface area (Å²) >= 11 is 0. The molecule has 0 fully saturated rings. The Labute approximate surface area is 82.4 Å². The predicted molar refractivity (Wildman–Crippen MR) is 57.9 cm³/mol. The van der Waals surface area contributed by atoms with Gasteiger partial charge in [-0.3, -0.25) is 0 Å². The molecule has 0 aliphatic heterocycles. The molecule has 0 radical (unpaired) electrons. The molecule has 2 heteroatoms. The van der Waals surface area contributed by atoms with E-state index in [1.165, 1.54) is 5.71 Å². The lowest BCUT2D eigenvalue weighted by Crippen LogP contribution is -2.18. The van der Waals surface area contributed by atoms with Crippen LogP contribution in [0.15, 0.2) is 5.16 Å². The third-order valence-corrected chi connectivity index (χ3v) is 2.08. The van der Waals surface area contributed by atoms with Gasteiger partial charge in [0.25, 0.3) is 0 Å². The fraction of sp³-hybridized carbons (Fsp3) is 0.909. The maximum Gasteiger partial charge on any atom is 0.122 e. The molecule has 0 bridgehead atoms. The minimum absolute atomic E-state index is 0.179. The molecule has 0 amide bonds. The van der Waals surface area contributed by atoms with Crippen LogP contribution in [0.3, 0.4) is 0 Å². The van der Waals surface area contributed by atoms with E-state index in [9.17, 15) is 0 Å². The third kappa shape index (κ3) is 4.91. The Morgan fingerprint density at radius 2 is 1.69 bits per heavy atom. The van der Waals surface area contributed by atoms with Gasteiger partial charge in [-0.05, 0) is 32.1 Å². The van der Waals surface area contributed by atoms with Gasteiger partial charge < -0.3 is 4.84 Å². The van der Waals surface area contributed by atoms with Crippen LogP contribution >= 0.6 is 0 Å². The zero-order valence-corrected chi connectivity index (χ0v) is 9.79. The van der Waals surface area contributed by atoms with Crippen molar-refractivity contribution in [3.8, 4) is 0 Å². The summed E-state index contributed by atoms with van der Waals surface area (Å²) < 4.78 is 0. The second-order valence-electron chi connectivity index (χ2n) is 4.13. The highest BCUT2D eigenvalue weighted by Crippen LogP contribution is 2.12. The van der Waals surface area contributed by atoms with E-state index >= 15 is 0 Å². The highest BCUT2D eigenvalue weighted by Gasteiger charge is 2.13. The van der Waals surface area contributed by atoms with Crippen molar-refractivity contribution in [1.82, 2.24) is 0 Å². The Balaban J connectivity index is 4.32. The van der Waals surface area contributed by atoms with Gasteiger partial charge in [0.1, 0.15) is 6.10 Å². The van der Waals surface area contributed by atoms with Crippen LogP contribution in [0.4, 0.5) is 0 Å². The summed E-state index contributed by atoms with van der Waals surface area (Å²) in [6.45, 7) is 12.7. The van der Waals surface area contributed by atoms with Crippen LogP contribution in [0.1, 0.15) is 48.0 Å². The van der Waals surface area contributed by atoms with Gasteiger partial charge in [-0.25, -0.2) is 0 Å². The van der Waals surface area contributed by atoms with Crippen molar-refractivity contribution in [3.05, 3.63) is 0 Å². The van der Waals surface area contributed by atoms with E-state index in [2.05, 4.69) is 32.9 Å². The zero-order valence-electron chi connectivity index (χ0n) is 9.79. The Morgan fingerprint density at radius 1 is 1.15 bits per heavy atom. The second kappa shape index (κ2) is 6.01. The van der Waals surface area contributed by atoms with E-state index in [1.54, 1.807) is 0 Å². The maximum absolute atomic E-state index is 5.28. The fourth-order valence-electron chi connectivity index (χ4n) is 1.14. The third-order valence-electron chi connectivity index (χ3n) is 2.08. The molecule has 78 valence electrons. The summed E-state index contributed by atoms with van der Waals surface area (Å²) in [6, 6.07) is 0. The van der Waals surface area contributed by atoms with Crippen LogP contribution in [0.2, 0.25) is 0 Å². The van der Waals surface area contributed by atoms with Gasteiger partial charge in [-0.15, -0.1) is 0 Å². The largest absolute Gasteiger partial charge is 0.393 e. The van der Waals surface area contributed by atoms with E-state index in [0.717, 1.165) is 6.42 Å². The topological polar surface area (TPSA) is 21.6 Å². The molecule has 13 heavy (non-hydrogen) atoms. The minimum atomic E-state index is 0.179. The van der Waals surface area contributed by atoms with Crippen molar-refractivity contribution < 1.29 is 4.84 Å². The van der Waals surface area contributed by atoms with Crippen molar-refractivity contribution in [2.45, 2.75) is 54.1 Å². The molecular formula is C11H23NO. The Bertz CT molecular complexity index is 161. The fourth-order valence-corrected chi connectivity index (χ4v) is 1.14. The van der Waals surface area contributed by atoms with Gasteiger partial charge >= 0.3 is 0 Å². The Kier molecular flexibility index (Phi) is 5.76. The van der Waals surface area contributed by atoms with Gasteiger partial charge in [0.15, 0.2) is 0 Å². The second-order valence-corrected chi connectivity index (χ2v) is 4.13. The van der Waals surface area contributed by atoms with Crippen molar-refractivity contribution >= 4 is 5.71 Å². The highest BCUT2D eigenvalue weighted by atomic mass is 16.6. The summed E-state index contributed by atoms with van der Waals surface area (Å²) in [7, 11) is 0. The molecule has 0 spiro atoms. The van der Waals surface area contributed by atoms with E-state index < -0.39 is 0 Å². The van der Waals surface area contributed by atoms with Crippen molar-refractivity contribution in [2.75, 3.05) is 0 Å². The summed E-state index contributed by atoms with van der Waals surface area (Å²) in [5, 5.41) is 4.21. The lowest BCUT2D eigenvalue weighted by Gasteiger charge is -2.16. The zero-order chi connectivity index (χ0) is 10.4. The molecule has 0 aromatic heterocycles. The predicted octanol–water partition coefficient (Wildman–Crippen LogP) is 3.47. The Morgan fingerprint density at radius 3 is 2.00 bits per heavy atom. The molecular weight excluding hydrogens is 162 g/mol. The van der Waals surface area contributed by atoms with Crippen LogP contribution in [0.25, 0.3) is 0 Å².